The summed E-state index contributed by atoms with van der Waals surface area (Å²) >= 11 is 3.28. The minimum Gasteiger partial charge on any atom is -0.291 e. The number of aromatic nitrogens is 3. The van der Waals surface area contributed by atoms with E-state index in [2.05, 4.69) is 30.6 Å². The van der Waals surface area contributed by atoms with Gasteiger partial charge in [0.05, 0.1) is 5.69 Å². The van der Waals surface area contributed by atoms with Gasteiger partial charge in [-0.3, -0.25) is 9.12 Å². The summed E-state index contributed by atoms with van der Waals surface area (Å²) in [6, 6.07) is 15.6. The van der Waals surface area contributed by atoms with Crippen LogP contribution in [0.4, 0.5) is 5.69 Å². The fraction of sp³-hybridized carbons (Fsp3) is 0. The Hall–Kier alpha value is -2.71. The molecule has 4 aromatic rings. The number of fused-ring (bicyclic) bond motifs is 1. The van der Waals surface area contributed by atoms with E-state index in [-0.39, 0.29) is 4.90 Å². The molecule has 8 heteroatoms. The first-order valence-corrected chi connectivity index (χ1v) is 9.98. The third kappa shape index (κ3) is 3.21. The number of anilines is 1. The molecule has 0 unspecified atom stereocenters. The Labute approximate surface area is 158 Å². The molecule has 2 aromatic heterocycles. The summed E-state index contributed by atoms with van der Waals surface area (Å²) in [5.74, 6) is 0.585. The van der Waals surface area contributed by atoms with Crippen molar-refractivity contribution >= 4 is 37.4 Å². The van der Waals surface area contributed by atoms with Gasteiger partial charge in [-0.1, -0.05) is 24.3 Å². The highest BCUT2D eigenvalue weighted by Gasteiger charge is 2.17. The quantitative estimate of drug-likeness (QED) is 0.533. The zero-order valence-electron chi connectivity index (χ0n) is 13.4. The van der Waals surface area contributed by atoms with Gasteiger partial charge in [-0.05, 0) is 46.3 Å². The molecule has 0 atom stereocenters. The van der Waals surface area contributed by atoms with Gasteiger partial charge >= 0.3 is 0 Å². The topological polar surface area (TPSA) is 76.4 Å². The Balaban J connectivity index is 1.69. The molecule has 6 nitrogen and oxygen atoms in total. The maximum Gasteiger partial charge on any atom is 0.263 e. The molecular formula is C18H13BrN4O2S. The second-order valence-electron chi connectivity index (χ2n) is 5.57. The Morgan fingerprint density at radius 3 is 2.69 bits per heavy atom. The molecule has 0 aliphatic heterocycles. The van der Waals surface area contributed by atoms with Gasteiger partial charge in [-0.2, -0.15) is 0 Å². The fourth-order valence-corrected chi connectivity index (χ4v) is 4.64. The van der Waals surface area contributed by atoms with Gasteiger partial charge in [0.2, 0.25) is 5.78 Å². The molecule has 0 saturated heterocycles. The lowest BCUT2D eigenvalue weighted by molar-refractivity contribution is 0.601. The van der Waals surface area contributed by atoms with Gasteiger partial charge in [-0.15, -0.1) is 0 Å². The van der Waals surface area contributed by atoms with Gasteiger partial charge in [0.15, 0.2) is 0 Å². The minimum atomic E-state index is -3.70. The summed E-state index contributed by atoms with van der Waals surface area (Å²) in [6.07, 6.45) is 5.39. The van der Waals surface area contributed by atoms with Crippen LogP contribution in [0.3, 0.4) is 0 Å². The number of sulfonamides is 1. The Kier molecular flexibility index (Phi) is 4.21. The Morgan fingerprint density at radius 2 is 1.88 bits per heavy atom. The van der Waals surface area contributed by atoms with Gasteiger partial charge in [0, 0.05) is 34.3 Å². The summed E-state index contributed by atoms with van der Waals surface area (Å²) in [5.41, 5.74) is 1.97. The van der Waals surface area contributed by atoms with E-state index in [0.717, 1.165) is 5.56 Å². The summed E-state index contributed by atoms with van der Waals surface area (Å²) in [7, 11) is -3.70. The lowest BCUT2D eigenvalue weighted by atomic mass is 10.1. The molecule has 1 N–H and O–H groups in total. The van der Waals surface area contributed by atoms with Crippen molar-refractivity contribution in [2.24, 2.45) is 0 Å². The van der Waals surface area contributed by atoms with Crippen molar-refractivity contribution < 1.29 is 8.42 Å². The highest BCUT2D eigenvalue weighted by atomic mass is 79.9. The first-order valence-electron chi connectivity index (χ1n) is 7.70. The number of nitrogens with zero attached hydrogens (tertiary/aromatic N) is 3. The van der Waals surface area contributed by atoms with Crippen LogP contribution in [0.5, 0.6) is 0 Å². The van der Waals surface area contributed by atoms with E-state index < -0.39 is 10.0 Å². The van der Waals surface area contributed by atoms with Crippen molar-refractivity contribution in [1.82, 2.24) is 14.4 Å². The van der Waals surface area contributed by atoms with Crippen molar-refractivity contribution in [1.29, 1.82) is 0 Å². The predicted octanol–water partition coefficient (Wildman–Crippen LogP) is 3.96. The molecule has 0 saturated carbocycles. The highest BCUT2D eigenvalue weighted by Crippen LogP contribution is 2.26. The summed E-state index contributed by atoms with van der Waals surface area (Å²) in [6.45, 7) is 0. The van der Waals surface area contributed by atoms with Crippen molar-refractivity contribution in [2.75, 3.05) is 4.72 Å². The molecule has 0 amide bonds. The Bertz CT molecular complexity index is 1170. The predicted molar refractivity (Wildman–Crippen MR) is 103 cm³/mol. The van der Waals surface area contributed by atoms with Gasteiger partial charge in [-0.25, -0.2) is 18.4 Å². The number of hydrogen-bond donors (Lipinski definition) is 1. The maximum atomic E-state index is 12.6. The number of nitrogens with one attached hydrogen (secondary N) is 1. The average Bonchev–Trinajstić information content (AvgIpc) is 3.06. The van der Waals surface area contributed by atoms with Crippen LogP contribution in [0.25, 0.3) is 17.0 Å². The SMILES string of the molecule is O=S(=O)(Nc1cccc(-c2cn3cccnc3n2)c1)c1ccccc1Br. The van der Waals surface area contributed by atoms with Gasteiger partial charge in [0.1, 0.15) is 4.90 Å². The molecule has 130 valence electrons. The minimum absolute atomic E-state index is 0.183. The van der Waals surface area contributed by atoms with Crippen LogP contribution >= 0.6 is 15.9 Å². The fourth-order valence-electron chi connectivity index (χ4n) is 2.58. The molecule has 2 aromatic carbocycles. The molecule has 0 aliphatic carbocycles. The lowest BCUT2D eigenvalue weighted by Gasteiger charge is -2.10. The van der Waals surface area contributed by atoms with Crippen LogP contribution in [0.1, 0.15) is 0 Å². The van der Waals surface area contributed by atoms with Crippen LogP contribution in [-0.4, -0.2) is 22.8 Å². The second-order valence-corrected chi connectivity index (χ2v) is 8.07. The van der Waals surface area contributed by atoms with Gasteiger partial charge < -0.3 is 0 Å². The smallest absolute Gasteiger partial charge is 0.263 e. The highest BCUT2D eigenvalue weighted by molar-refractivity contribution is 9.10. The van der Waals surface area contributed by atoms with Crippen molar-refractivity contribution in [3.8, 4) is 11.3 Å². The van der Waals surface area contributed by atoms with E-state index in [9.17, 15) is 8.42 Å². The van der Waals surface area contributed by atoms with Crippen molar-refractivity contribution in [3.63, 3.8) is 0 Å². The molecular weight excluding hydrogens is 416 g/mol. The van der Waals surface area contributed by atoms with Crippen LogP contribution < -0.4 is 4.72 Å². The molecule has 0 aliphatic rings. The summed E-state index contributed by atoms with van der Waals surface area (Å²) in [4.78, 5) is 8.84. The zero-order valence-corrected chi connectivity index (χ0v) is 15.8. The van der Waals surface area contributed by atoms with Crippen LogP contribution in [-0.2, 0) is 10.0 Å². The molecule has 0 fully saturated rings. The van der Waals surface area contributed by atoms with E-state index in [0.29, 0.717) is 21.6 Å². The van der Waals surface area contributed by atoms with E-state index in [1.165, 1.54) is 0 Å². The molecule has 0 bridgehead atoms. The van der Waals surface area contributed by atoms with E-state index in [1.54, 1.807) is 48.7 Å². The van der Waals surface area contributed by atoms with Gasteiger partial charge in [0.25, 0.3) is 10.0 Å². The van der Waals surface area contributed by atoms with Crippen LogP contribution in [0, 0.1) is 0 Å². The van der Waals surface area contributed by atoms with Crippen LogP contribution in [0.2, 0.25) is 0 Å². The Morgan fingerprint density at radius 1 is 1.04 bits per heavy atom. The largest absolute Gasteiger partial charge is 0.291 e. The monoisotopic (exact) mass is 428 g/mol. The number of hydrogen-bond acceptors (Lipinski definition) is 4. The molecule has 26 heavy (non-hydrogen) atoms. The third-order valence-electron chi connectivity index (χ3n) is 3.77. The number of benzene rings is 2. The number of imidazole rings is 1. The summed E-state index contributed by atoms with van der Waals surface area (Å²) < 4.78 is 30.2. The zero-order chi connectivity index (χ0) is 18.1. The summed E-state index contributed by atoms with van der Waals surface area (Å²) in [5, 5.41) is 0. The second kappa shape index (κ2) is 6.54. The lowest BCUT2D eigenvalue weighted by Crippen LogP contribution is -2.13. The number of rotatable bonds is 4. The standard InChI is InChI=1S/C18H13BrN4O2S/c19-15-7-1-2-8-17(15)26(24,25)22-14-6-3-5-13(11-14)16-12-23-10-4-9-20-18(23)21-16/h1-12,22H. The molecule has 0 radical (unpaired) electrons. The van der Waals surface area contributed by atoms with E-state index in [1.807, 2.05) is 28.9 Å². The van der Waals surface area contributed by atoms with E-state index in [4.69, 9.17) is 0 Å². The van der Waals surface area contributed by atoms with Crippen LogP contribution in [0.15, 0.2) is 82.6 Å². The van der Waals surface area contributed by atoms with Crippen molar-refractivity contribution in [3.05, 3.63) is 77.7 Å². The maximum absolute atomic E-state index is 12.6. The molecule has 0 spiro atoms. The molecule has 4 rings (SSSR count). The first kappa shape index (κ1) is 16.7. The number of halogens is 1. The average molecular weight is 429 g/mol. The normalized spacial score (nSPS) is 11.6. The van der Waals surface area contributed by atoms with Crippen molar-refractivity contribution in [2.45, 2.75) is 4.90 Å². The molecule has 2 heterocycles. The third-order valence-corrected chi connectivity index (χ3v) is 6.17. The van der Waals surface area contributed by atoms with E-state index >= 15 is 0 Å². The first-order chi connectivity index (χ1) is 12.5.